The molecule has 0 aromatic heterocycles. The molecular weight excluding hydrogens is 545 g/mol. The Labute approximate surface area is 232 Å². The van der Waals surface area contributed by atoms with E-state index in [1.165, 1.54) is 0 Å². The van der Waals surface area contributed by atoms with Crippen molar-refractivity contribution in [1.82, 2.24) is 0 Å². The molecule has 0 bridgehead atoms. The Kier molecular flexibility index (Phi) is 27.7. The Hall–Kier alpha value is -5.56. The van der Waals surface area contributed by atoms with Crippen LogP contribution < -0.4 is 0 Å². The number of rotatable bonds is 0. The zero-order valence-electron chi connectivity index (χ0n) is 19.6. The van der Waals surface area contributed by atoms with Gasteiger partial charge in [0.15, 0.2) is 22.7 Å². The molecule has 0 amide bonds. The van der Waals surface area contributed by atoms with Crippen molar-refractivity contribution >= 4 is 22.7 Å². The third-order valence-corrected chi connectivity index (χ3v) is 3.54. The monoisotopic (exact) mass is 566 g/mol. The predicted octanol–water partition coefficient (Wildman–Crippen LogP) is 9.14. The first-order chi connectivity index (χ1) is 17.7. The Balaban J connectivity index is -0.000000395. The first kappa shape index (κ1) is 36.0. The van der Waals surface area contributed by atoms with Crippen molar-refractivity contribution in [2.75, 3.05) is 0 Å². The van der Waals surface area contributed by atoms with E-state index in [-0.39, 0.29) is 19.5 Å². The van der Waals surface area contributed by atoms with Gasteiger partial charge in [-0.3, -0.25) is 0 Å². The molecule has 0 aliphatic rings. The zero-order chi connectivity index (χ0) is 27.3. The molecule has 0 N–H and O–H groups in total. The van der Waals surface area contributed by atoms with Crippen LogP contribution in [0.1, 0.15) is 0 Å². The predicted molar refractivity (Wildman–Crippen MR) is 141 cm³/mol. The average Bonchev–Trinajstić information content (AvgIpc) is 3.01. The smallest absolute Gasteiger partial charge is 0.512 e. The Bertz CT molecular complexity index is 1070. The van der Waals surface area contributed by atoms with Gasteiger partial charge in [-0.05, 0) is 0 Å². The first-order valence-corrected chi connectivity index (χ1v) is 9.88. The van der Waals surface area contributed by atoms with Crippen LogP contribution in [0.5, 0.6) is 0 Å². The number of nitrogens with zero attached hydrogens (tertiary/aromatic N) is 6. The molecule has 0 aliphatic heterocycles. The Morgan fingerprint density at radius 2 is 0.459 bits per heavy atom. The van der Waals surface area contributed by atoms with E-state index in [9.17, 15) is 0 Å². The summed E-state index contributed by atoms with van der Waals surface area (Å²) in [7, 11) is 0. The molecule has 37 heavy (non-hydrogen) atoms. The van der Waals surface area contributed by atoms with Crippen LogP contribution in [0.25, 0.3) is 19.4 Å². The van der Waals surface area contributed by atoms with Gasteiger partial charge in [0.05, 0.1) is 26.3 Å². The zero-order valence-corrected chi connectivity index (χ0v) is 21.3. The molecule has 176 valence electrons. The molecule has 0 spiro atoms. The minimum atomic E-state index is 0. The summed E-state index contributed by atoms with van der Waals surface area (Å²) in [5, 5.41) is 12.5. The van der Waals surface area contributed by atoms with Gasteiger partial charge in [0.25, 0.3) is 0 Å². The van der Waals surface area contributed by atoms with Crippen molar-refractivity contribution in [2.24, 2.45) is 0 Å². The molecule has 0 atom stereocenters. The quantitative estimate of drug-likeness (QED) is 0.158. The van der Waals surface area contributed by atoms with Gasteiger partial charge in [-0.1, -0.05) is 121 Å². The second-order valence-electron chi connectivity index (χ2n) is 5.79. The van der Waals surface area contributed by atoms with Gasteiger partial charge >= 0.3 is 19.5 Å². The topological polar surface area (TPSA) is 65.0 Å². The molecular formula is C30H20N6Ru+2. The van der Waals surface area contributed by atoms with Crippen molar-refractivity contribution in [3.05, 3.63) is 180 Å². The normalized spacial score (nSPS) is 6.92. The van der Waals surface area contributed by atoms with Gasteiger partial charge in [-0.15, -0.1) is 0 Å². The van der Waals surface area contributed by atoms with Crippen LogP contribution in [0.2, 0.25) is 0 Å². The van der Waals surface area contributed by atoms with Gasteiger partial charge in [-0.2, -0.15) is 0 Å². The summed E-state index contributed by atoms with van der Waals surface area (Å²) in [5.41, 5.74) is 2.81. The van der Waals surface area contributed by atoms with E-state index in [4.69, 9.17) is 50.0 Å². The number of hydrogen-bond acceptors (Lipinski definition) is 2. The average molecular weight is 566 g/mol. The summed E-state index contributed by atoms with van der Waals surface area (Å²) < 4.78 is 0. The van der Waals surface area contributed by atoms with Gasteiger partial charge in [0.2, 0.25) is 0 Å². The minimum absolute atomic E-state index is 0. The molecule has 0 aliphatic carbocycles. The third kappa shape index (κ3) is 20.8. The van der Waals surface area contributed by atoms with E-state index in [1.807, 2.05) is 72.8 Å². The second kappa shape index (κ2) is 28.5. The first-order valence-electron chi connectivity index (χ1n) is 9.88. The molecule has 4 aromatic rings. The molecule has 0 saturated heterocycles. The number of para-hydroxylation sites is 4. The molecule has 6 nitrogen and oxygen atoms in total. The Morgan fingerprint density at radius 1 is 0.324 bits per heavy atom. The van der Waals surface area contributed by atoms with Crippen LogP contribution in [0.15, 0.2) is 121 Å². The summed E-state index contributed by atoms with van der Waals surface area (Å²) in [4.78, 5) is 12.9. The molecule has 4 rings (SSSR count). The molecule has 4 aromatic carbocycles. The summed E-state index contributed by atoms with van der Waals surface area (Å²) in [6.45, 7) is 35.8. The third-order valence-electron chi connectivity index (χ3n) is 3.54. The molecule has 0 radical (unpaired) electrons. The second-order valence-corrected chi connectivity index (χ2v) is 5.79. The van der Waals surface area contributed by atoms with Crippen LogP contribution >= 0.6 is 0 Å². The Morgan fingerprint density at radius 3 is 0.541 bits per heavy atom. The summed E-state index contributed by atoms with van der Waals surface area (Å²) in [6.07, 6.45) is 0. The van der Waals surface area contributed by atoms with Gasteiger partial charge in [0.1, 0.15) is 0 Å². The SMILES string of the molecule is [C-]#N.[C-]#N.[C-]#[N+]c1ccccc1.[C-]#[N+]c1ccccc1.[C-]#[N+]c1ccccc1.[C-]#[N+]c1ccccc1.[Ru+4]. The maximum absolute atomic E-state index is 6.57. The van der Waals surface area contributed by atoms with Crippen LogP contribution in [0.3, 0.4) is 0 Å². The maximum atomic E-state index is 6.57. The molecule has 0 fully saturated rings. The molecule has 0 heterocycles. The fourth-order valence-electron chi connectivity index (χ4n) is 2.01. The fraction of sp³-hybridized carbons (Fsp3) is 0. The molecule has 7 heteroatoms. The van der Waals surface area contributed by atoms with Gasteiger partial charge in [0, 0.05) is 0 Å². The van der Waals surface area contributed by atoms with Crippen molar-refractivity contribution < 1.29 is 19.5 Å². The maximum Gasteiger partial charge on any atom is 4.00 e. The van der Waals surface area contributed by atoms with E-state index >= 15 is 0 Å². The van der Waals surface area contributed by atoms with E-state index in [0.717, 1.165) is 0 Å². The van der Waals surface area contributed by atoms with E-state index in [0.29, 0.717) is 22.7 Å². The largest absolute Gasteiger partial charge is 4.00 e. The summed E-state index contributed by atoms with van der Waals surface area (Å²) in [6, 6.07) is 36.7. The van der Waals surface area contributed by atoms with Crippen molar-refractivity contribution in [3.8, 4) is 0 Å². The van der Waals surface area contributed by atoms with Crippen LogP contribution in [-0.2, 0) is 19.5 Å². The molecule has 0 unspecified atom stereocenters. The number of benzene rings is 4. The van der Waals surface area contributed by atoms with Crippen molar-refractivity contribution in [3.63, 3.8) is 0 Å². The number of hydrogen-bond donors (Lipinski definition) is 0. The van der Waals surface area contributed by atoms with Gasteiger partial charge in [-0.25, -0.2) is 19.4 Å². The van der Waals surface area contributed by atoms with E-state index in [2.05, 4.69) is 19.4 Å². The minimum Gasteiger partial charge on any atom is -0.512 e. The van der Waals surface area contributed by atoms with Crippen molar-refractivity contribution in [1.29, 1.82) is 10.5 Å². The summed E-state index contributed by atoms with van der Waals surface area (Å²) >= 11 is 0. The van der Waals surface area contributed by atoms with Crippen LogP contribution in [-0.4, -0.2) is 0 Å². The standard InChI is InChI=1S/4C7H5N.2CN.Ru/c4*1-8-7-5-3-2-4-6-7;2*1-2;/h4*2-6H;;;/q;;;;2*-1;+4. The summed E-state index contributed by atoms with van der Waals surface area (Å²) in [5.74, 6) is 0. The molecule has 0 saturated carbocycles. The van der Waals surface area contributed by atoms with E-state index < -0.39 is 0 Å². The van der Waals surface area contributed by atoms with Crippen molar-refractivity contribution in [2.45, 2.75) is 0 Å². The van der Waals surface area contributed by atoms with Crippen LogP contribution in [0.4, 0.5) is 22.7 Å². The van der Waals surface area contributed by atoms with Gasteiger partial charge < -0.3 is 23.7 Å². The van der Waals surface area contributed by atoms with Crippen LogP contribution in [0, 0.1) is 50.0 Å². The van der Waals surface area contributed by atoms with E-state index in [1.54, 1.807) is 48.5 Å². The fourth-order valence-corrected chi connectivity index (χ4v) is 2.01.